The molecular formula is C11H15N3O2. The van der Waals surface area contributed by atoms with Crippen LogP contribution in [0.2, 0.25) is 0 Å². The van der Waals surface area contributed by atoms with Crippen LogP contribution < -0.4 is 4.90 Å². The van der Waals surface area contributed by atoms with Gasteiger partial charge in [-0.3, -0.25) is 0 Å². The predicted octanol–water partition coefficient (Wildman–Crippen LogP) is 1.41. The van der Waals surface area contributed by atoms with Gasteiger partial charge in [0.1, 0.15) is 5.82 Å². The predicted molar refractivity (Wildman–Crippen MR) is 59.6 cm³/mol. The van der Waals surface area contributed by atoms with Crippen LogP contribution in [-0.2, 0) is 0 Å². The summed E-state index contributed by atoms with van der Waals surface area (Å²) in [6.07, 6.45) is 3.99. The lowest BCUT2D eigenvalue weighted by molar-refractivity contribution is 0.0690. The van der Waals surface area contributed by atoms with Crippen LogP contribution in [0, 0.1) is 5.92 Å². The topological polar surface area (TPSA) is 66.3 Å². The highest BCUT2D eigenvalue weighted by Gasteiger charge is 2.27. The van der Waals surface area contributed by atoms with E-state index in [2.05, 4.69) is 28.7 Å². The molecule has 0 aliphatic carbocycles. The van der Waals surface area contributed by atoms with Crippen molar-refractivity contribution in [2.45, 2.75) is 26.3 Å². The highest BCUT2D eigenvalue weighted by atomic mass is 16.4. The average molecular weight is 221 g/mol. The molecule has 2 atom stereocenters. The molecule has 0 spiro atoms. The lowest BCUT2D eigenvalue weighted by atomic mass is 10.1. The molecule has 16 heavy (non-hydrogen) atoms. The molecule has 1 N–H and O–H groups in total. The van der Waals surface area contributed by atoms with E-state index in [0.29, 0.717) is 12.0 Å². The van der Waals surface area contributed by atoms with Crippen molar-refractivity contribution in [2.75, 3.05) is 11.4 Å². The highest BCUT2D eigenvalue weighted by Crippen LogP contribution is 2.26. The monoisotopic (exact) mass is 221 g/mol. The Labute approximate surface area is 94.1 Å². The average Bonchev–Trinajstić information content (AvgIpc) is 2.58. The molecule has 5 heteroatoms. The minimum absolute atomic E-state index is 0.0105. The first-order chi connectivity index (χ1) is 7.58. The lowest BCUT2D eigenvalue weighted by Gasteiger charge is -2.21. The molecule has 1 aromatic rings. The fraction of sp³-hybridized carbons (Fsp3) is 0.545. The van der Waals surface area contributed by atoms with E-state index in [1.54, 1.807) is 0 Å². The summed E-state index contributed by atoms with van der Waals surface area (Å²) in [5.41, 5.74) is -0.0105. The number of carboxylic acids is 1. The Morgan fingerprint density at radius 1 is 1.44 bits per heavy atom. The van der Waals surface area contributed by atoms with Crippen LogP contribution in [0.4, 0.5) is 5.82 Å². The Balaban J connectivity index is 2.19. The molecule has 0 radical (unpaired) electrons. The number of carbonyl (C=O) groups is 1. The first-order valence-corrected chi connectivity index (χ1v) is 5.40. The van der Waals surface area contributed by atoms with Crippen molar-refractivity contribution in [1.29, 1.82) is 0 Å². The molecule has 1 saturated heterocycles. The standard InChI is InChI=1S/C11H15N3O2/c1-7-3-8(2)14(6-7)10-5-12-9(4-13-10)11(15)16/h4-5,7-8H,3,6H2,1-2H3,(H,15,16). The second-order valence-electron chi connectivity index (χ2n) is 4.41. The van der Waals surface area contributed by atoms with Gasteiger partial charge in [0, 0.05) is 12.6 Å². The van der Waals surface area contributed by atoms with E-state index in [4.69, 9.17) is 5.11 Å². The molecule has 1 aliphatic rings. The minimum atomic E-state index is -1.04. The summed E-state index contributed by atoms with van der Waals surface area (Å²) in [4.78, 5) is 20.8. The molecular weight excluding hydrogens is 206 g/mol. The minimum Gasteiger partial charge on any atom is -0.476 e. The van der Waals surface area contributed by atoms with Gasteiger partial charge in [0.15, 0.2) is 5.69 Å². The van der Waals surface area contributed by atoms with Crippen molar-refractivity contribution in [3.05, 3.63) is 18.1 Å². The normalized spacial score (nSPS) is 24.8. The number of hydrogen-bond acceptors (Lipinski definition) is 4. The zero-order valence-electron chi connectivity index (χ0n) is 9.42. The summed E-state index contributed by atoms with van der Waals surface area (Å²) in [5, 5.41) is 8.72. The van der Waals surface area contributed by atoms with E-state index < -0.39 is 5.97 Å². The summed E-state index contributed by atoms with van der Waals surface area (Å²) in [6.45, 7) is 5.31. The Hall–Kier alpha value is -1.65. The van der Waals surface area contributed by atoms with Crippen LogP contribution in [0.15, 0.2) is 12.4 Å². The Morgan fingerprint density at radius 2 is 2.19 bits per heavy atom. The summed E-state index contributed by atoms with van der Waals surface area (Å²) < 4.78 is 0. The van der Waals surface area contributed by atoms with Gasteiger partial charge in [0.2, 0.25) is 0 Å². The molecule has 5 nitrogen and oxygen atoms in total. The van der Waals surface area contributed by atoms with E-state index in [9.17, 15) is 4.79 Å². The van der Waals surface area contributed by atoms with Gasteiger partial charge in [-0.25, -0.2) is 14.8 Å². The highest BCUT2D eigenvalue weighted by molar-refractivity contribution is 5.84. The maximum absolute atomic E-state index is 10.6. The number of aromatic carboxylic acids is 1. The Kier molecular flexibility index (Phi) is 2.77. The van der Waals surface area contributed by atoms with Gasteiger partial charge in [-0.1, -0.05) is 6.92 Å². The van der Waals surface area contributed by atoms with Gasteiger partial charge in [-0.15, -0.1) is 0 Å². The fourth-order valence-corrected chi connectivity index (χ4v) is 2.20. The third kappa shape index (κ3) is 1.98. The number of aromatic nitrogens is 2. The lowest BCUT2D eigenvalue weighted by Crippen LogP contribution is -2.27. The van der Waals surface area contributed by atoms with Crippen LogP contribution in [-0.4, -0.2) is 33.6 Å². The van der Waals surface area contributed by atoms with Crippen molar-refractivity contribution in [3.8, 4) is 0 Å². The first-order valence-electron chi connectivity index (χ1n) is 5.40. The molecule has 0 saturated carbocycles. The first kappa shape index (κ1) is 10.9. The SMILES string of the molecule is CC1CC(C)N(c2cnc(C(=O)O)cn2)C1. The van der Waals surface area contributed by atoms with Crippen LogP contribution >= 0.6 is 0 Å². The number of hydrogen-bond donors (Lipinski definition) is 1. The second-order valence-corrected chi connectivity index (χ2v) is 4.41. The van der Waals surface area contributed by atoms with Crippen molar-refractivity contribution in [2.24, 2.45) is 5.92 Å². The largest absolute Gasteiger partial charge is 0.476 e. The molecule has 0 bridgehead atoms. The van der Waals surface area contributed by atoms with Crippen LogP contribution in [0.25, 0.3) is 0 Å². The summed E-state index contributed by atoms with van der Waals surface area (Å²) in [6, 6.07) is 0.444. The second kappa shape index (κ2) is 4.08. The van der Waals surface area contributed by atoms with Crippen molar-refractivity contribution in [3.63, 3.8) is 0 Å². The van der Waals surface area contributed by atoms with Crippen LogP contribution in [0.5, 0.6) is 0 Å². The van der Waals surface area contributed by atoms with E-state index in [-0.39, 0.29) is 5.69 Å². The molecule has 0 amide bonds. The van der Waals surface area contributed by atoms with Crippen LogP contribution in [0.3, 0.4) is 0 Å². The molecule has 1 fully saturated rings. The van der Waals surface area contributed by atoms with Gasteiger partial charge in [-0.05, 0) is 19.3 Å². The van der Waals surface area contributed by atoms with Gasteiger partial charge < -0.3 is 10.0 Å². The molecule has 2 rings (SSSR count). The van der Waals surface area contributed by atoms with Crippen molar-refractivity contribution in [1.82, 2.24) is 9.97 Å². The summed E-state index contributed by atoms with van der Waals surface area (Å²) >= 11 is 0. The Bertz CT molecular complexity index is 391. The van der Waals surface area contributed by atoms with Gasteiger partial charge in [0.25, 0.3) is 0 Å². The third-order valence-electron chi connectivity index (χ3n) is 2.94. The third-order valence-corrected chi connectivity index (χ3v) is 2.94. The molecule has 1 aliphatic heterocycles. The quantitative estimate of drug-likeness (QED) is 0.817. The van der Waals surface area contributed by atoms with Gasteiger partial charge in [0.05, 0.1) is 12.4 Å². The van der Waals surface area contributed by atoms with Gasteiger partial charge >= 0.3 is 5.97 Å². The number of rotatable bonds is 2. The maximum Gasteiger partial charge on any atom is 0.356 e. The van der Waals surface area contributed by atoms with E-state index in [1.807, 2.05) is 0 Å². The summed E-state index contributed by atoms with van der Waals surface area (Å²) in [5.74, 6) is 0.375. The van der Waals surface area contributed by atoms with Crippen molar-refractivity contribution < 1.29 is 9.90 Å². The van der Waals surface area contributed by atoms with Crippen molar-refractivity contribution >= 4 is 11.8 Å². The number of anilines is 1. The smallest absolute Gasteiger partial charge is 0.356 e. The van der Waals surface area contributed by atoms with Crippen LogP contribution in [0.1, 0.15) is 30.8 Å². The van der Waals surface area contributed by atoms with Gasteiger partial charge in [-0.2, -0.15) is 0 Å². The number of carboxylic acid groups (broad SMARTS) is 1. The van der Waals surface area contributed by atoms with E-state index >= 15 is 0 Å². The fourth-order valence-electron chi connectivity index (χ4n) is 2.20. The zero-order valence-corrected chi connectivity index (χ0v) is 9.42. The Morgan fingerprint density at radius 3 is 2.62 bits per heavy atom. The molecule has 86 valence electrons. The summed E-state index contributed by atoms with van der Waals surface area (Å²) in [7, 11) is 0. The van der Waals surface area contributed by atoms with E-state index in [1.165, 1.54) is 12.4 Å². The molecule has 1 aromatic heterocycles. The molecule has 2 heterocycles. The number of nitrogens with zero attached hydrogens (tertiary/aromatic N) is 3. The zero-order chi connectivity index (χ0) is 11.7. The molecule has 2 unspecified atom stereocenters. The van der Waals surface area contributed by atoms with E-state index in [0.717, 1.165) is 18.8 Å². The molecule has 0 aromatic carbocycles. The maximum atomic E-state index is 10.6.